The highest BCUT2D eigenvalue weighted by atomic mass is 79.9. The van der Waals surface area contributed by atoms with Crippen LogP contribution >= 0.6 is 15.9 Å². The molecule has 18 heavy (non-hydrogen) atoms. The number of aromatic amines is 1. The van der Waals surface area contributed by atoms with Crippen LogP contribution in [0.3, 0.4) is 0 Å². The molecular formula is C12H8BrN3O2. The Hall–Kier alpha value is -2.13. The number of benzene rings is 1. The number of aromatic nitrogens is 2. The minimum Gasteiger partial charge on any atom is -0.496 e. The van der Waals surface area contributed by atoms with Gasteiger partial charge in [0.1, 0.15) is 23.2 Å². The summed E-state index contributed by atoms with van der Waals surface area (Å²) in [7, 11) is 1.57. The first-order chi connectivity index (χ1) is 8.65. The number of nitriles is 1. The number of H-pyrrole nitrogens is 1. The van der Waals surface area contributed by atoms with Gasteiger partial charge in [-0.3, -0.25) is 4.79 Å². The lowest BCUT2D eigenvalue weighted by Gasteiger charge is -2.05. The normalized spacial score (nSPS) is 9.83. The molecular weight excluding hydrogens is 298 g/mol. The first kappa shape index (κ1) is 12.3. The van der Waals surface area contributed by atoms with Crippen molar-refractivity contribution in [1.82, 2.24) is 9.97 Å². The van der Waals surface area contributed by atoms with Crippen molar-refractivity contribution in [3.63, 3.8) is 0 Å². The molecule has 1 aromatic carbocycles. The van der Waals surface area contributed by atoms with Crippen LogP contribution < -0.4 is 10.3 Å². The Morgan fingerprint density at radius 1 is 1.50 bits per heavy atom. The highest BCUT2D eigenvalue weighted by Gasteiger charge is 2.07. The second kappa shape index (κ2) is 5.02. The first-order valence-electron chi connectivity index (χ1n) is 4.99. The molecule has 0 bridgehead atoms. The van der Waals surface area contributed by atoms with Gasteiger partial charge in [0.15, 0.2) is 0 Å². The summed E-state index contributed by atoms with van der Waals surface area (Å²) in [5.74, 6) is 1.09. The zero-order valence-corrected chi connectivity index (χ0v) is 11.0. The Morgan fingerprint density at radius 3 is 2.83 bits per heavy atom. The van der Waals surface area contributed by atoms with Crippen molar-refractivity contribution >= 4 is 15.9 Å². The molecule has 0 radical (unpaired) electrons. The molecule has 0 atom stereocenters. The van der Waals surface area contributed by atoms with E-state index in [1.54, 1.807) is 31.4 Å². The van der Waals surface area contributed by atoms with Gasteiger partial charge in [0.25, 0.3) is 5.56 Å². The third kappa shape index (κ3) is 2.26. The zero-order chi connectivity index (χ0) is 13.1. The van der Waals surface area contributed by atoms with Crippen LogP contribution in [-0.2, 0) is 0 Å². The molecule has 0 aliphatic heterocycles. The van der Waals surface area contributed by atoms with Gasteiger partial charge in [0.2, 0.25) is 0 Å². The van der Waals surface area contributed by atoms with E-state index < -0.39 is 5.56 Å². The maximum Gasteiger partial charge on any atom is 0.269 e. The Morgan fingerprint density at radius 2 is 2.28 bits per heavy atom. The monoisotopic (exact) mass is 305 g/mol. The second-order valence-corrected chi connectivity index (χ2v) is 4.29. The van der Waals surface area contributed by atoms with Crippen molar-refractivity contribution in [3.8, 4) is 23.2 Å². The summed E-state index contributed by atoms with van der Waals surface area (Å²) >= 11 is 3.35. The van der Waals surface area contributed by atoms with E-state index in [2.05, 4.69) is 25.9 Å². The average molecular weight is 306 g/mol. The van der Waals surface area contributed by atoms with E-state index in [1.165, 1.54) is 6.20 Å². The van der Waals surface area contributed by atoms with E-state index in [0.717, 1.165) is 10.0 Å². The molecule has 0 aliphatic rings. The quantitative estimate of drug-likeness (QED) is 0.921. The summed E-state index contributed by atoms with van der Waals surface area (Å²) in [6.07, 6.45) is 1.26. The van der Waals surface area contributed by atoms with Gasteiger partial charge in [-0.1, -0.05) is 0 Å². The highest BCUT2D eigenvalue weighted by Crippen LogP contribution is 2.28. The maximum atomic E-state index is 11.5. The number of ether oxygens (including phenoxy) is 1. The molecule has 1 N–H and O–H groups in total. The number of methoxy groups -OCH3 is 1. The smallest absolute Gasteiger partial charge is 0.269 e. The summed E-state index contributed by atoms with van der Waals surface area (Å²) < 4.78 is 5.87. The van der Waals surface area contributed by atoms with Crippen LogP contribution in [0.4, 0.5) is 0 Å². The fraction of sp³-hybridized carbons (Fsp3) is 0.0833. The molecule has 1 aromatic heterocycles. The first-order valence-corrected chi connectivity index (χ1v) is 5.78. The Labute approximate surface area is 111 Å². The van der Waals surface area contributed by atoms with E-state index in [0.29, 0.717) is 11.6 Å². The summed E-state index contributed by atoms with van der Waals surface area (Å²) in [6, 6.07) is 7.08. The Balaban J connectivity index is 2.50. The summed E-state index contributed by atoms with van der Waals surface area (Å²) in [5.41, 5.74) is 0.269. The van der Waals surface area contributed by atoms with Gasteiger partial charge in [-0.25, -0.2) is 4.98 Å². The molecule has 6 heteroatoms. The fourth-order valence-corrected chi connectivity index (χ4v) is 1.98. The lowest BCUT2D eigenvalue weighted by atomic mass is 10.2. The van der Waals surface area contributed by atoms with Gasteiger partial charge in [-0.15, -0.1) is 0 Å². The second-order valence-electron chi connectivity index (χ2n) is 3.44. The van der Waals surface area contributed by atoms with E-state index in [-0.39, 0.29) is 5.56 Å². The average Bonchev–Trinajstić information content (AvgIpc) is 2.38. The van der Waals surface area contributed by atoms with Crippen LogP contribution in [0.15, 0.2) is 33.7 Å². The van der Waals surface area contributed by atoms with Crippen LogP contribution in [0, 0.1) is 11.3 Å². The Bertz CT molecular complexity index is 688. The van der Waals surface area contributed by atoms with Crippen molar-refractivity contribution in [2.24, 2.45) is 0 Å². The van der Waals surface area contributed by atoms with Crippen LogP contribution in [-0.4, -0.2) is 17.1 Å². The standard InChI is InChI=1S/C12H8BrN3O2/c1-18-10-3-2-7(4-9(10)13)11-15-6-8(5-14)12(17)16-11/h2-4,6H,1H3,(H,15,16,17). The lowest BCUT2D eigenvalue weighted by Crippen LogP contribution is -2.12. The molecule has 0 saturated carbocycles. The number of rotatable bonds is 2. The third-order valence-corrected chi connectivity index (χ3v) is 2.96. The number of nitrogens with one attached hydrogen (secondary N) is 1. The fourth-order valence-electron chi connectivity index (χ4n) is 1.43. The summed E-state index contributed by atoms with van der Waals surface area (Å²) in [4.78, 5) is 18.1. The van der Waals surface area contributed by atoms with Crippen LogP contribution in [0.1, 0.15) is 5.56 Å². The van der Waals surface area contributed by atoms with Gasteiger partial charge < -0.3 is 9.72 Å². The molecule has 0 unspecified atom stereocenters. The lowest BCUT2D eigenvalue weighted by molar-refractivity contribution is 0.412. The molecule has 5 nitrogen and oxygen atoms in total. The van der Waals surface area contributed by atoms with Crippen molar-refractivity contribution < 1.29 is 4.74 Å². The van der Waals surface area contributed by atoms with Crippen LogP contribution in [0.5, 0.6) is 5.75 Å². The van der Waals surface area contributed by atoms with E-state index in [9.17, 15) is 4.79 Å². The van der Waals surface area contributed by atoms with Crippen molar-refractivity contribution in [3.05, 3.63) is 44.8 Å². The molecule has 0 amide bonds. The van der Waals surface area contributed by atoms with Crippen LogP contribution in [0.25, 0.3) is 11.4 Å². The summed E-state index contributed by atoms with van der Waals surface area (Å²) in [6.45, 7) is 0. The molecule has 1 heterocycles. The van der Waals surface area contributed by atoms with Crippen molar-refractivity contribution in [2.45, 2.75) is 0 Å². The van der Waals surface area contributed by atoms with E-state index in [1.807, 2.05) is 0 Å². The van der Waals surface area contributed by atoms with Crippen LogP contribution in [0.2, 0.25) is 0 Å². The summed E-state index contributed by atoms with van der Waals surface area (Å²) in [5, 5.41) is 8.66. The maximum absolute atomic E-state index is 11.5. The van der Waals surface area contributed by atoms with Gasteiger partial charge >= 0.3 is 0 Å². The molecule has 0 fully saturated rings. The minimum absolute atomic E-state index is 0.00803. The molecule has 2 rings (SSSR count). The number of halogens is 1. The Kier molecular flexibility index (Phi) is 3.44. The van der Waals surface area contributed by atoms with Gasteiger partial charge in [-0.05, 0) is 34.1 Å². The predicted octanol–water partition coefficient (Wildman–Crippen LogP) is 2.08. The molecule has 0 saturated heterocycles. The predicted molar refractivity (Wildman–Crippen MR) is 69.3 cm³/mol. The third-order valence-electron chi connectivity index (χ3n) is 2.34. The van der Waals surface area contributed by atoms with Gasteiger partial charge in [0.05, 0.1) is 17.8 Å². The van der Waals surface area contributed by atoms with E-state index >= 15 is 0 Å². The molecule has 90 valence electrons. The largest absolute Gasteiger partial charge is 0.496 e. The highest BCUT2D eigenvalue weighted by molar-refractivity contribution is 9.10. The molecule has 0 spiro atoms. The number of hydrogen-bond donors (Lipinski definition) is 1. The van der Waals surface area contributed by atoms with Crippen molar-refractivity contribution in [1.29, 1.82) is 5.26 Å². The van der Waals surface area contributed by atoms with E-state index in [4.69, 9.17) is 10.00 Å². The topological polar surface area (TPSA) is 78.8 Å². The number of nitrogens with zero attached hydrogens (tertiary/aromatic N) is 2. The van der Waals surface area contributed by atoms with Gasteiger partial charge in [-0.2, -0.15) is 5.26 Å². The number of hydrogen-bond acceptors (Lipinski definition) is 4. The zero-order valence-electron chi connectivity index (χ0n) is 9.40. The SMILES string of the molecule is COc1ccc(-c2ncc(C#N)c(=O)[nH]2)cc1Br. The molecule has 0 aliphatic carbocycles. The minimum atomic E-state index is -0.450. The van der Waals surface area contributed by atoms with Crippen molar-refractivity contribution in [2.75, 3.05) is 7.11 Å². The van der Waals surface area contributed by atoms with Gasteiger partial charge in [0, 0.05) is 5.56 Å². The molecule has 2 aromatic rings.